The molecule has 1 aromatic carbocycles. The van der Waals surface area contributed by atoms with Gasteiger partial charge in [0.2, 0.25) is 0 Å². The summed E-state index contributed by atoms with van der Waals surface area (Å²) in [5.41, 5.74) is 1.21. The van der Waals surface area contributed by atoms with Crippen LogP contribution in [0.15, 0.2) is 22.7 Å². The van der Waals surface area contributed by atoms with E-state index in [4.69, 9.17) is 4.74 Å². The lowest BCUT2D eigenvalue weighted by atomic mass is 9.78. The van der Waals surface area contributed by atoms with Crippen molar-refractivity contribution in [3.8, 4) is 0 Å². The van der Waals surface area contributed by atoms with Crippen LogP contribution in [0.4, 0.5) is 4.79 Å². The van der Waals surface area contributed by atoms with E-state index < -0.39 is 17.2 Å². The van der Waals surface area contributed by atoms with Gasteiger partial charge < -0.3 is 15.2 Å². The lowest BCUT2D eigenvalue weighted by molar-refractivity contribution is 0.0378. The number of hydrogen-bond donors (Lipinski definition) is 2. The second-order valence-corrected chi connectivity index (χ2v) is 7.47. The van der Waals surface area contributed by atoms with Gasteiger partial charge in [0.1, 0.15) is 5.60 Å². The van der Waals surface area contributed by atoms with E-state index in [0.29, 0.717) is 12.8 Å². The zero-order valence-corrected chi connectivity index (χ0v) is 14.3. The fourth-order valence-electron chi connectivity index (χ4n) is 2.64. The van der Waals surface area contributed by atoms with Crippen LogP contribution in [0.5, 0.6) is 0 Å². The molecule has 1 aliphatic rings. The molecule has 0 radical (unpaired) electrons. The van der Waals surface area contributed by atoms with E-state index >= 15 is 0 Å². The first-order valence-electron chi connectivity index (χ1n) is 7.13. The second kappa shape index (κ2) is 5.97. The quantitative estimate of drug-likeness (QED) is 0.856. The molecule has 4 nitrogen and oxygen atoms in total. The van der Waals surface area contributed by atoms with Crippen LogP contribution in [0.1, 0.15) is 38.3 Å². The van der Waals surface area contributed by atoms with Crippen LogP contribution in [0.2, 0.25) is 0 Å². The van der Waals surface area contributed by atoms with Crippen molar-refractivity contribution >= 4 is 22.0 Å². The van der Waals surface area contributed by atoms with E-state index in [0.717, 1.165) is 16.5 Å². The first-order chi connectivity index (χ1) is 9.75. The van der Waals surface area contributed by atoms with Crippen molar-refractivity contribution in [1.29, 1.82) is 0 Å². The normalized spacial score (nSPS) is 21.6. The Labute approximate surface area is 134 Å². The fourth-order valence-corrected chi connectivity index (χ4v) is 3.18. The third-order valence-corrected chi connectivity index (χ3v) is 4.42. The molecule has 0 heterocycles. The summed E-state index contributed by atoms with van der Waals surface area (Å²) in [6.45, 7) is 5.37. The predicted octanol–water partition coefficient (Wildman–Crippen LogP) is 3.19. The Morgan fingerprint density at radius 2 is 2.19 bits per heavy atom. The number of ether oxygens (including phenoxy) is 1. The molecule has 0 bridgehead atoms. The zero-order valence-electron chi connectivity index (χ0n) is 12.7. The highest BCUT2D eigenvalue weighted by molar-refractivity contribution is 9.10. The lowest BCUT2D eigenvalue weighted by Gasteiger charge is -2.38. The third kappa shape index (κ3) is 3.98. The molecule has 1 unspecified atom stereocenters. The van der Waals surface area contributed by atoms with Gasteiger partial charge >= 0.3 is 6.09 Å². The molecular formula is C16H22BrNO3. The predicted molar refractivity (Wildman–Crippen MR) is 85.4 cm³/mol. The molecule has 0 saturated carbocycles. The number of benzene rings is 1. The average Bonchev–Trinajstić information content (AvgIpc) is 2.37. The van der Waals surface area contributed by atoms with Crippen molar-refractivity contribution in [2.24, 2.45) is 0 Å². The van der Waals surface area contributed by atoms with Crippen molar-refractivity contribution in [3.05, 3.63) is 33.8 Å². The first kappa shape index (κ1) is 16.3. The van der Waals surface area contributed by atoms with Crippen LogP contribution in [0.25, 0.3) is 0 Å². The van der Waals surface area contributed by atoms with Crippen LogP contribution in [-0.4, -0.2) is 28.9 Å². The number of alkyl carbamates (subject to hydrolysis) is 1. The Bertz CT molecular complexity index is 539. The second-order valence-electron chi connectivity index (χ2n) is 6.62. The van der Waals surface area contributed by atoms with Gasteiger partial charge in [-0.1, -0.05) is 28.1 Å². The molecule has 0 aliphatic heterocycles. The molecule has 5 heteroatoms. The Kier molecular flexibility index (Phi) is 4.63. The number of hydrogen-bond acceptors (Lipinski definition) is 3. The molecule has 2 rings (SSSR count). The van der Waals surface area contributed by atoms with Crippen LogP contribution in [-0.2, 0) is 17.6 Å². The fraction of sp³-hybridized carbons (Fsp3) is 0.562. The molecule has 1 amide bonds. The monoisotopic (exact) mass is 355 g/mol. The molecule has 1 atom stereocenters. The molecule has 21 heavy (non-hydrogen) atoms. The highest BCUT2D eigenvalue weighted by atomic mass is 79.9. The van der Waals surface area contributed by atoms with E-state index in [1.54, 1.807) is 0 Å². The summed E-state index contributed by atoms with van der Waals surface area (Å²) in [6, 6.07) is 6.09. The van der Waals surface area contributed by atoms with Crippen LogP contribution in [0.3, 0.4) is 0 Å². The van der Waals surface area contributed by atoms with Gasteiger partial charge in [-0.3, -0.25) is 0 Å². The number of aliphatic hydroxyl groups excluding tert-OH is 1. The zero-order chi connectivity index (χ0) is 15.7. The smallest absolute Gasteiger partial charge is 0.408 e. The van der Waals surface area contributed by atoms with Gasteiger partial charge in [-0.05, 0) is 57.2 Å². The molecule has 0 aromatic heterocycles. The lowest BCUT2D eigenvalue weighted by Crippen LogP contribution is -2.55. The topological polar surface area (TPSA) is 58.6 Å². The van der Waals surface area contributed by atoms with Crippen molar-refractivity contribution in [2.75, 3.05) is 6.61 Å². The first-order valence-corrected chi connectivity index (χ1v) is 7.92. The number of halogens is 1. The van der Waals surface area contributed by atoms with Crippen molar-refractivity contribution in [3.63, 3.8) is 0 Å². The number of rotatable bonds is 2. The maximum Gasteiger partial charge on any atom is 0.408 e. The van der Waals surface area contributed by atoms with Crippen molar-refractivity contribution < 1.29 is 14.6 Å². The number of fused-ring (bicyclic) bond motifs is 1. The van der Waals surface area contributed by atoms with Crippen LogP contribution >= 0.6 is 15.9 Å². The molecule has 1 aromatic rings. The maximum absolute atomic E-state index is 12.0. The Balaban J connectivity index is 2.17. The summed E-state index contributed by atoms with van der Waals surface area (Å²) in [6.07, 6.45) is 1.64. The number of carbonyl (C=O) groups excluding carboxylic acids is 1. The Hall–Kier alpha value is -1.07. The SMILES string of the molecule is CC(C)(C)OC(=O)NC1(CO)CCc2cccc(Br)c2C1. The summed E-state index contributed by atoms with van der Waals surface area (Å²) in [5.74, 6) is 0. The number of amides is 1. The standard InChI is InChI=1S/C16H22BrNO3/c1-15(2,3)21-14(20)18-16(10-19)8-7-11-5-4-6-13(17)12(11)9-16/h4-6,19H,7-10H2,1-3H3,(H,18,20). The molecule has 0 fully saturated rings. The molecule has 2 N–H and O–H groups in total. The Morgan fingerprint density at radius 1 is 1.48 bits per heavy atom. The van der Waals surface area contributed by atoms with Gasteiger partial charge in [0, 0.05) is 4.47 Å². The third-order valence-electron chi connectivity index (χ3n) is 3.67. The van der Waals surface area contributed by atoms with Crippen LogP contribution in [0, 0.1) is 0 Å². The van der Waals surface area contributed by atoms with Gasteiger partial charge in [-0.2, -0.15) is 0 Å². The van der Waals surface area contributed by atoms with Gasteiger partial charge in [0.05, 0.1) is 12.1 Å². The van der Waals surface area contributed by atoms with E-state index in [-0.39, 0.29) is 6.61 Å². The van der Waals surface area contributed by atoms with Gasteiger partial charge in [-0.15, -0.1) is 0 Å². The minimum absolute atomic E-state index is 0.104. The summed E-state index contributed by atoms with van der Waals surface area (Å²) in [5, 5.41) is 12.7. The largest absolute Gasteiger partial charge is 0.444 e. The molecule has 1 aliphatic carbocycles. The van der Waals surface area contributed by atoms with E-state index in [2.05, 4.69) is 27.3 Å². The maximum atomic E-state index is 12.0. The minimum atomic E-state index is -0.654. The number of carbonyl (C=O) groups is 1. The number of aryl methyl sites for hydroxylation is 1. The van der Waals surface area contributed by atoms with Crippen LogP contribution < -0.4 is 5.32 Å². The van der Waals surface area contributed by atoms with E-state index in [1.807, 2.05) is 32.9 Å². The molecular weight excluding hydrogens is 334 g/mol. The average molecular weight is 356 g/mol. The van der Waals surface area contributed by atoms with E-state index in [9.17, 15) is 9.90 Å². The Morgan fingerprint density at radius 3 is 2.81 bits per heavy atom. The van der Waals surface area contributed by atoms with Crippen molar-refractivity contribution in [1.82, 2.24) is 5.32 Å². The minimum Gasteiger partial charge on any atom is -0.444 e. The summed E-state index contributed by atoms with van der Waals surface area (Å²) >= 11 is 3.55. The van der Waals surface area contributed by atoms with Gasteiger partial charge in [-0.25, -0.2) is 4.79 Å². The van der Waals surface area contributed by atoms with Crippen molar-refractivity contribution in [2.45, 2.75) is 51.2 Å². The molecule has 116 valence electrons. The number of aliphatic hydroxyl groups is 1. The van der Waals surface area contributed by atoms with Gasteiger partial charge in [0.15, 0.2) is 0 Å². The molecule has 0 spiro atoms. The summed E-state index contributed by atoms with van der Waals surface area (Å²) < 4.78 is 6.33. The molecule has 0 saturated heterocycles. The number of nitrogens with one attached hydrogen (secondary N) is 1. The highest BCUT2D eigenvalue weighted by Gasteiger charge is 2.37. The highest BCUT2D eigenvalue weighted by Crippen LogP contribution is 2.33. The summed E-state index contributed by atoms with van der Waals surface area (Å²) in [7, 11) is 0. The van der Waals surface area contributed by atoms with E-state index in [1.165, 1.54) is 5.56 Å². The summed E-state index contributed by atoms with van der Waals surface area (Å²) in [4.78, 5) is 12.0. The van der Waals surface area contributed by atoms with Gasteiger partial charge in [0.25, 0.3) is 0 Å².